The first-order valence-electron chi connectivity index (χ1n) is 14.7. The van der Waals surface area contributed by atoms with Gasteiger partial charge < -0.3 is 10.2 Å². The van der Waals surface area contributed by atoms with Crippen molar-refractivity contribution in [1.29, 1.82) is 0 Å². The maximum atomic E-state index is 14.5. The van der Waals surface area contributed by atoms with E-state index < -0.39 is 28.5 Å². The highest BCUT2D eigenvalue weighted by atomic mass is 79.9. The van der Waals surface area contributed by atoms with Crippen molar-refractivity contribution >= 4 is 55.1 Å². The van der Waals surface area contributed by atoms with Crippen LogP contribution in [0.3, 0.4) is 0 Å². The number of amides is 2. The molecule has 45 heavy (non-hydrogen) atoms. The first-order valence-corrected chi connectivity index (χ1v) is 17.3. The zero-order valence-electron chi connectivity index (χ0n) is 25.5. The first-order chi connectivity index (χ1) is 21.5. The molecule has 2 amide bonds. The lowest BCUT2D eigenvalue weighted by atomic mass is 10.0. The van der Waals surface area contributed by atoms with E-state index in [1.54, 1.807) is 36.4 Å². The van der Waals surface area contributed by atoms with Gasteiger partial charge in [-0.1, -0.05) is 94.6 Å². The lowest BCUT2D eigenvalue weighted by Crippen LogP contribution is -2.54. The van der Waals surface area contributed by atoms with Crippen LogP contribution in [-0.2, 0) is 32.6 Å². The fourth-order valence-electron chi connectivity index (χ4n) is 4.80. The van der Waals surface area contributed by atoms with E-state index >= 15 is 0 Å². The Kier molecular flexibility index (Phi) is 11.8. The minimum Gasteiger partial charge on any atom is -0.352 e. The number of hydrogen-bond acceptors (Lipinski definition) is 4. The Morgan fingerprint density at radius 2 is 1.53 bits per heavy atom. The van der Waals surface area contributed by atoms with Gasteiger partial charge in [0.25, 0.3) is 10.0 Å². The number of hydrogen-bond donors (Lipinski definition) is 1. The van der Waals surface area contributed by atoms with Crippen LogP contribution >= 0.6 is 27.5 Å². The third-order valence-corrected chi connectivity index (χ3v) is 10.0. The van der Waals surface area contributed by atoms with Crippen molar-refractivity contribution in [2.75, 3.05) is 10.8 Å². The van der Waals surface area contributed by atoms with E-state index in [2.05, 4.69) is 21.2 Å². The molecule has 0 aliphatic carbocycles. The molecule has 4 aromatic carbocycles. The van der Waals surface area contributed by atoms with E-state index in [4.69, 9.17) is 11.6 Å². The molecule has 0 unspecified atom stereocenters. The fraction of sp³-hybridized carbons (Fsp3) is 0.257. The second-order valence-corrected chi connectivity index (χ2v) is 14.2. The van der Waals surface area contributed by atoms with Gasteiger partial charge in [0.15, 0.2) is 0 Å². The molecule has 0 aliphatic rings. The summed E-state index contributed by atoms with van der Waals surface area (Å²) in [5.41, 5.74) is 2.83. The molecule has 0 bridgehead atoms. The molecular formula is C35H37BrClN3O4S. The third kappa shape index (κ3) is 9.19. The Labute approximate surface area is 279 Å². The van der Waals surface area contributed by atoms with Crippen molar-refractivity contribution in [3.8, 4) is 0 Å². The van der Waals surface area contributed by atoms with Crippen molar-refractivity contribution in [3.05, 3.63) is 129 Å². The highest BCUT2D eigenvalue weighted by molar-refractivity contribution is 9.10. The van der Waals surface area contributed by atoms with Gasteiger partial charge in [-0.05, 0) is 79.9 Å². The molecule has 0 heterocycles. The monoisotopic (exact) mass is 709 g/mol. The number of sulfonamides is 1. The third-order valence-electron chi connectivity index (χ3n) is 7.52. The summed E-state index contributed by atoms with van der Waals surface area (Å²) in [6.07, 6.45) is 0.955. The van der Waals surface area contributed by atoms with Gasteiger partial charge in [-0.3, -0.25) is 13.9 Å². The summed E-state index contributed by atoms with van der Waals surface area (Å²) in [4.78, 5) is 29.9. The van der Waals surface area contributed by atoms with E-state index in [0.29, 0.717) is 11.4 Å². The van der Waals surface area contributed by atoms with Crippen LogP contribution in [0.1, 0.15) is 37.0 Å². The first kappa shape index (κ1) is 34.2. The van der Waals surface area contributed by atoms with Gasteiger partial charge >= 0.3 is 0 Å². The standard InChI is InChI=1S/C35H37BrClN3O4S/c1-4-26(3)38-35(42)33(22-27-9-6-5-7-10-27)39(23-28-11-8-12-29(36)21-28)34(41)24-40(31-17-15-30(37)16-18-31)45(43,44)32-19-13-25(2)14-20-32/h5-21,26,33H,4,22-24H2,1-3H3,(H,38,42)/t26-,33+/m1/s1. The minimum absolute atomic E-state index is 0.0461. The summed E-state index contributed by atoms with van der Waals surface area (Å²) in [7, 11) is -4.18. The number of rotatable bonds is 13. The minimum atomic E-state index is -4.18. The van der Waals surface area contributed by atoms with Gasteiger partial charge in [-0.15, -0.1) is 0 Å². The number of halogens is 2. The number of carbonyl (C=O) groups excluding carboxylic acids is 2. The zero-order chi connectivity index (χ0) is 32.6. The lowest BCUT2D eigenvalue weighted by Gasteiger charge is -2.34. The molecule has 4 aromatic rings. The van der Waals surface area contributed by atoms with Crippen LogP contribution in [0.15, 0.2) is 112 Å². The average molecular weight is 711 g/mol. The summed E-state index contributed by atoms with van der Waals surface area (Å²) in [6, 6.07) is 28.7. The lowest BCUT2D eigenvalue weighted by molar-refractivity contribution is -0.140. The predicted octanol–water partition coefficient (Wildman–Crippen LogP) is 7.16. The molecule has 0 saturated heterocycles. The number of nitrogens with zero attached hydrogens (tertiary/aromatic N) is 2. The molecule has 10 heteroatoms. The molecule has 7 nitrogen and oxygen atoms in total. The Hall–Kier alpha value is -3.66. The van der Waals surface area contributed by atoms with Crippen LogP contribution in [0.2, 0.25) is 5.02 Å². The van der Waals surface area contributed by atoms with E-state index in [0.717, 1.165) is 25.5 Å². The summed E-state index contributed by atoms with van der Waals surface area (Å²) in [5.74, 6) is -0.836. The van der Waals surface area contributed by atoms with E-state index in [9.17, 15) is 18.0 Å². The van der Waals surface area contributed by atoms with Crippen LogP contribution in [-0.4, -0.2) is 43.8 Å². The smallest absolute Gasteiger partial charge is 0.264 e. The van der Waals surface area contributed by atoms with Crippen LogP contribution in [0, 0.1) is 6.92 Å². The summed E-state index contributed by atoms with van der Waals surface area (Å²) >= 11 is 9.64. The van der Waals surface area contributed by atoms with Crippen LogP contribution in [0.5, 0.6) is 0 Å². The van der Waals surface area contributed by atoms with Crippen molar-refractivity contribution in [3.63, 3.8) is 0 Å². The topological polar surface area (TPSA) is 86.8 Å². The number of anilines is 1. The zero-order valence-corrected chi connectivity index (χ0v) is 28.6. The summed E-state index contributed by atoms with van der Waals surface area (Å²) in [6.45, 7) is 5.31. The average Bonchev–Trinajstić information content (AvgIpc) is 3.02. The molecule has 0 saturated carbocycles. The number of carbonyl (C=O) groups is 2. The van der Waals surface area contributed by atoms with Crippen molar-refractivity contribution in [2.24, 2.45) is 0 Å². The van der Waals surface area contributed by atoms with Crippen molar-refractivity contribution in [1.82, 2.24) is 10.2 Å². The van der Waals surface area contributed by atoms with Crippen molar-refractivity contribution < 1.29 is 18.0 Å². The van der Waals surface area contributed by atoms with E-state index in [1.807, 2.05) is 75.4 Å². The summed E-state index contributed by atoms with van der Waals surface area (Å²) < 4.78 is 30.1. The SMILES string of the molecule is CC[C@@H](C)NC(=O)[C@H](Cc1ccccc1)N(Cc1cccc(Br)c1)C(=O)CN(c1ccc(Cl)cc1)S(=O)(=O)c1ccc(C)cc1. The second kappa shape index (κ2) is 15.6. The highest BCUT2D eigenvalue weighted by Gasteiger charge is 2.35. The Morgan fingerprint density at radius 3 is 2.16 bits per heavy atom. The highest BCUT2D eigenvalue weighted by Crippen LogP contribution is 2.27. The number of nitrogens with one attached hydrogen (secondary N) is 1. The van der Waals surface area contributed by atoms with Gasteiger partial charge in [-0.25, -0.2) is 8.42 Å². The molecule has 0 radical (unpaired) electrons. The predicted molar refractivity (Wildman–Crippen MR) is 184 cm³/mol. The molecule has 0 aromatic heterocycles. The second-order valence-electron chi connectivity index (χ2n) is 11.0. The number of benzene rings is 4. The van der Waals surface area contributed by atoms with Crippen LogP contribution in [0.25, 0.3) is 0 Å². The van der Waals surface area contributed by atoms with Crippen LogP contribution < -0.4 is 9.62 Å². The van der Waals surface area contributed by atoms with E-state index in [1.165, 1.54) is 17.0 Å². The van der Waals surface area contributed by atoms with Gasteiger partial charge in [0.05, 0.1) is 10.6 Å². The molecule has 0 fully saturated rings. The fourth-order valence-corrected chi connectivity index (χ4v) is 6.79. The molecule has 0 aliphatic heterocycles. The number of aryl methyl sites for hydroxylation is 1. The molecule has 236 valence electrons. The summed E-state index contributed by atoms with van der Waals surface area (Å²) in [5, 5.41) is 3.48. The van der Waals surface area contributed by atoms with E-state index in [-0.39, 0.29) is 35.5 Å². The van der Waals surface area contributed by atoms with Crippen LogP contribution in [0.4, 0.5) is 5.69 Å². The molecular weight excluding hydrogens is 674 g/mol. The Bertz CT molecular complexity index is 1700. The van der Waals surface area contributed by atoms with Gasteiger partial charge in [-0.2, -0.15) is 0 Å². The molecule has 2 atom stereocenters. The molecule has 4 rings (SSSR count). The molecule has 0 spiro atoms. The van der Waals surface area contributed by atoms with Gasteiger partial charge in [0.1, 0.15) is 12.6 Å². The van der Waals surface area contributed by atoms with Gasteiger partial charge in [0, 0.05) is 28.5 Å². The largest absolute Gasteiger partial charge is 0.352 e. The maximum absolute atomic E-state index is 14.5. The Morgan fingerprint density at radius 1 is 0.889 bits per heavy atom. The van der Waals surface area contributed by atoms with Crippen molar-refractivity contribution in [2.45, 2.75) is 57.1 Å². The quantitative estimate of drug-likeness (QED) is 0.160. The molecule has 1 N–H and O–H groups in total. The maximum Gasteiger partial charge on any atom is 0.264 e. The van der Waals surface area contributed by atoms with Gasteiger partial charge in [0.2, 0.25) is 11.8 Å². The Balaban J connectivity index is 1.80. The normalized spacial score (nSPS) is 12.6.